The van der Waals surface area contributed by atoms with Crippen LogP contribution in [-0.4, -0.2) is 117 Å². The summed E-state index contributed by atoms with van der Waals surface area (Å²) in [6.07, 6.45) is 1.85. The van der Waals surface area contributed by atoms with E-state index in [0.717, 1.165) is 10.9 Å². The molecule has 2 heterocycles. The van der Waals surface area contributed by atoms with Crippen LogP contribution in [0.1, 0.15) is 43.7 Å². The number of aromatic nitrogens is 1. The summed E-state index contributed by atoms with van der Waals surface area (Å²) in [5.41, 5.74) is 12.6. The molecule has 19 heteroatoms. The van der Waals surface area contributed by atoms with Crippen molar-refractivity contribution in [2.75, 3.05) is 19.6 Å². The van der Waals surface area contributed by atoms with Crippen molar-refractivity contribution in [3.63, 3.8) is 0 Å². The van der Waals surface area contributed by atoms with Gasteiger partial charge in [0.1, 0.15) is 36.0 Å². The van der Waals surface area contributed by atoms with E-state index in [9.17, 15) is 48.6 Å². The van der Waals surface area contributed by atoms with Crippen LogP contribution in [0.3, 0.4) is 0 Å². The Bertz CT molecular complexity index is 1930. The van der Waals surface area contributed by atoms with Crippen LogP contribution in [0.15, 0.2) is 54.7 Å². The van der Waals surface area contributed by atoms with Crippen LogP contribution in [0.2, 0.25) is 0 Å². The normalized spacial score (nSPS) is 15.8. The molecular formula is C37H47N9O10. The molecule has 300 valence electrons. The first-order chi connectivity index (χ1) is 26.7. The van der Waals surface area contributed by atoms with E-state index in [0.29, 0.717) is 30.5 Å². The topological polar surface area (TPSA) is 308 Å². The molecule has 4 rings (SSSR count). The van der Waals surface area contributed by atoms with Gasteiger partial charge in [-0.3, -0.25) is 33.6 Å². The molecule has 0 spiro atoms. The number of aromatic hydroxyl groups is 1. The highest BCUT2D eigenvalue weighted by Crippen LogP contribution is 2.20. The predicted octanol–water partition coefficient (Wildman–Crippen LogP) is -1.97. The first kappa shape index (κ1) is 42.2. The quantitative estimate of drug-likeness (QED) is 0.0637. The first-order valence-electron chi connectivity index (χ1n) is 18.0. The number of nitrogens with one attached hydrogen (secondary N) is 6. The molecule has 1 fully saturated rings. The highest BCUT2D eigenvalue weighted by atomic mass is 16.4. The number of phenols is 1. The van der Waals surface area contributed by atoms with Gasteiger partial charge in [0.2, 0.25) is 41.4 Å². The summed E-state index contributed by atoms with van der Waals surface area (Å²) in [6, 6.07) is 6.80. The number of amides is 7. The van der Waals surface area contributed by atoms with Crippen molar-refractivity contribution in [1.29, 1.82) is 0 Å². The van der Waals surface area contributed by atoms with Gasteiger partial charge in [0.25, 0.3) is 0 Å². The van der Waals surface area contributed by atoms with Gasteiger partial charge in [-0.25, -0.2) is 4.79 Å². The largest absolute Gasteiger partial charge is 0.508 e. The molecule has 7 amide bonds. The SMILES string of the molecule is C[C@H](NC(=O)[C@H](CCC(N)=O)NC(=O)CNC(=O)[C@@H]1CCCN1C(=O)CN)C(=O)N[C@@H](Cc1c[nH]c2ccccc12)C(=O)N[C@@H](Cc1ccc(O)cc1)C(=O)O. The number of H-pyrrole nitrogens is 1. The Morgan fingerprint density at radius 3 is 2.23 bits per heavy atom. The molecule has 1 aliphatic heterocycles. The number of rotatable bonds is 19. The van der Waals surface area contributed by atoms with Crippen LogP contribution >= 0.6 is 0 Å². The van der Waals surface area contributed by atoms with Crippen LogP contribution in [0, 0.1) is 0 Å². The zero-order valence-corrected chi connectivity index (χ0v) is 30.7. The lowest BCUT2D eigenvalue weighted by molar-refractivity contribution is -0.142. The fraction of sp³-hybridized carbons (Fsp3) is 0.405. The number of nitrogens with two attached hydrogens (primary N) is 2. The van der Waals surface area contributed by atoms with Crippen LogP contribution in [0.5, 0.6) is 5.75 Å². The maximum Gasteiger partial charge on any atom is 0.326 e. The second kappa shape index (κ2) is 19.7. The first-order valence-corrected chi connectivity index (χ1v) is 18.0. The molecule has 2 aromatic carbocycles. The van der Waals surface area contributed by atoms with Crippen molar-refractivity contribution in [2.24, 2.45) is 11.5 Å². The summed E-state index contributed by atoms with van der Waals surface area (Å²) in [5.74, 6) is -6.44. The summed E-state index contributed by atoms with van der Waals surface area (Å²) in [5, 5.41) is 32.7. The second-order valence-electron chi connectivity index (χ2n) is 13.4. The van der Waals surface area contributed by atoms with Gasteiger partial charge in [-0.15, -0.1) is 0 Å². The standard InChI is InChI=1S/C37H47N9O10/c1-20(42-34(52)26(12-13-30(39)48)43-31(49)19-41-36(54)29-7-4-14-46(29)32(50)17-38)33(51)44-27(16-22-18-40-25-6-3-2-5-24(22)25)35(53)45-28(37(55)56)15-21-8-10-23(47)11-9-21/h2-3,5-6,8-11,18,20,26-29,40,47H,4,7,12-17,19,38H2,1H3,(H2,39,48)(H,41,54)(H,42,52)(H,43,49)(H,44,51)(H,45,53)(H,55,56)/t20-,26-,27-,28-,29-/m0/s1. The van der Waals surface area contributed by atoms with Gasteiger partial charge < -0.3 is 58.1 Å². The van der Waals surface area contributed by atoms with Crippen LogP contribution in [0.4, 0.5) is 0 Å². The molecule has 19 nitrogen and oxygen atoms in total. The molecule has 5 atom stereocenters. The van der Waals surface area contributed by atoms with E-state index in [4.69, 9.17) is 11.5 Å². The molecule has 0 aliphatic carbocycles. The number of carbonyl (C=O) groups is 8. The van der Waals surface area contributed by atoms with Gasteiger partial charge in [-0.05, 0) is 55.5 Å². The Balaban J connectivity index is 1.43. The van der Waals surface area contributed by atoms with Crippen LogP contribution < -0.4 is 38.1 Å². The number of benzene rings is 2. The number of aliphatic carboxylic acids is 1. The molecule has 1 saturated heterocycles. The third kappa shape index (κ3) is 11.7. The number of carboxylic acid groups (broad SMARTS) is 1. The molecule has 56 heavy (non-hydrogen) atoms. The number of hydrogen-bond acceptors (Lipinski definition) is 10. The number of hydrogen-bond donors (Lipinski definition) is 10. The Kier molecular flexibility index (Phi) is 14.9. The molecule has 0 unspecified atom stereocenters. The van der Waals surface area contributed by atoms with E-state index in [1.807, 2.05) is 18.2 Å². The molecule has 0 radical (unpaired) electrons. The van der Waals surface area contributed by atoms with Gasteiger partial charge in [-0.2, -0.15) is 0 Å². The number of carboxylic acids is 1. The second-order valence-corrected chi connectivity index (χ2v) is 13.4. The highest BCUT2D eigenvalue weighted by Gasteiger charge is 2.34. The predicted molar refractivity (Wildman–Crippen MR) is 200 cm³/mol. The van der Waals surface area contributed by atoms with E-state index in [1.165, 1.54) is 36.1 Å². The minimum atomic E-state index is -1.41. The van der Waals surface area contributed by atoms with Gasteiger partial charge in [0.05, 0.1) is 13.1 Å². The van der Waals surface area contributed by atoms with Crippen LogP contribution in [-0.2, 0) is 51.2 Å². The third-order valence-corrected chi connectivity index (χ3v) is 9.28. The Labute approximate surface area is 321 Å². The maximum atomic E-state index is 13.7. The summed E-state index contributed by atoms with van der Waals surface area (Å²) in [4.78, 5) is 106. The summed E-state index contributed by atoms with van der Waals surface area (Å²) in [7, 11) is 0. The summed E-state index contributed by atoms with van der Waals surface area (Å²) < 4.78 is 0. The smallest absolute Gasteiger partial charge is 0.326 e. The van der Waals surface area contributed by atoms with Crippen molar-refractivity contribution in [2.45, 2.75) is 75.7 Å². The lowest BCUT2D eigenvalue weighted by Gasteiger charge is -2.25. The van der Waals surface area contributed by atoms with E-state index in [-0.39, 0.29) is 38.0 Å². The average Bonchev–Trinajstić information content (AvgIpc) is 3.83. The number of fused-ring (bicyclic) bond motifs is 1. The van der Waals surface area contributed by atoms with E-state index >= 15 is 0 Å². The van der Waals surface area contributed by atoms with Gasteiger partial charge in [0.15, 0.2) is 0 Å². The highest BCUT2D eigenvalue weighted by molar-refractivity contribution is 5.96. The number of phenolic OH excluding ortho intramolecular Hbond substituents is 1. The monoisotopic (exact) mass is 777 g/mol. The summed E-state index contributed by atoms with van der Waals surface area (Å²) >= 11 is 0. The minimum absolute atomic E-state index is 0.0211. The number of nitrogens with zero attached hydrogens (tertiary/aromatic N) is 1. The number of carbonyl (C=O) groups excluding carboxylic acids is 7. The van der Waals surface area contributed by atoms with Gasteiger partial charge in [0, 0.05) is 42.9 Å². The van der Waals surface area contributed by atoms with Crippen molar-refractivity contribution < 1.29 is 48.6 Å². The maximum absolute atomic E-state index is 13.7. The molecule has 1 aromatic heterocycles. The fourth-order valence-corrected chi connectivity index (χ4v) is 6.29. The molecule has 1 aliphatic rings. The Morgan fingerprint density at radius 2 is 1.55 bits per heavy atom. The molecule has 0 bridgehead atoms. The van der Waals surface area contributed by atoms with Crippen molar-refractivity contribution >= 4 is 58.2 Å². The number of para-hydroxylation sites is 1. The van der Waals surface area contributed by atoms with Crippen molar-refractivity contribution in [3.05, 3.63) is 65.9 Å². The Morgan fingerprint density at radius 1 is 0.875 bits per heavy atom. The van der Waals surface area contributed by atoms with Crippen molar-refractivity contribution in [1.82, 2.24) is 36.5 Å². The molecular weight excluding hydrogens is 730 g/mol. The number of aromatic amines is 1. The van der Waals surface area contributed by atoms with Crippen LogP contribution in [0.25, 0.3) is 10.9 Å². The average molecular weight is 778 g/mol. The van der Waals surface area contributed by atoms with E-state index in [2.05, 4.69) is 31.6 Å². The number of likely N-dealkylation sites (tertiary alicyclic amines) is 1. The fourth-order valence-electron chi connectivity index (χ4n) is 6.29. The lowest BCUT2D eigenvalue weighted by atomic mass is 10.0. The summed E-state index contributed by atoms with van der Waals surface area (Å²) in [6.45, 7) is 0.829. The van der Waals surface area contributed by atoms with Gasteiger partial charge in [-0.1, -0.05) is 30.3 Å². The third-order valence-electron chi connectivity index (χ3n) is 9.28. The Hall–Kier alpha value is -6.50. The molecule has 0 saturated carbocycles. The zero-order valence-electron chi connectivity index (χ0n) is 30.7. The zero-order chi connectivity index (χ0) is 40.9. The minimum Gasteiger partial charge on any atom is -0.508 e. The molecule has 3 aromatic rings. The van der Waals surface area contributed by atoms with Crippen molar-refractivity contribution in [3.8, 4) is 5.75 Å². The van der Waals surface area contributed by atoms with Gasteiger partial charge >= 0.3 is 5.97 Å². The molecule has 12 N–H and O–H groups in total. The lowest BCUT2D eigenvalue weighted by Crippen LogP contribution is -2.58. The van der Waals surface area contributed by atoms with E-state index < -0.39 is 84.1 Å². The van der Waals surface area contributed by atoms with E-state index in [1.54, 1.807) is 12.3 Å². The number of primary amides is 1.